The van der Waals surface area contributed by atoms with Gasteiger partial charge in [-0.05, 0) is 52.6 Å². The Balaban J connectivity index is 1.98. The Labute approximate surface area is 132 Å². The van der Waals surface area contributed by atoms with Gasteiger partial charge in [0.2, 0.25) is 0 Å². The molecule has 1 aliphatic carbocycles. The molecular weight excluding hydrogens is 286 g/mol. The molecule has 1 aromatic rings. The summed E-state index contributed by atoms with van der Waals surface area (Å²) in [7, 11) is 0. The van der Waals surface area contributed by atoms with Crippen molar-refractivity contribution < 1.29 is 5.11 Å². The second kappa shape index (κ2) is 5.90. The number of hydrogen-bond acceptors (Lipinski definition) is 3. The fraction of sp³-hybridized carbons (Fsp3) is 0.812. The highest BCUT2D eigenvalue weighted by Crippen LogP contribution is 2.47. The third kappa shape index (κ3) is 2.51. The van der Waals surface area contributed by atoms with E-state index in [-0.39, 0.29) is 11.6 Å². The molecule has 0 bridgehead atoms. The maximum atomic E-state index is 11.2. The molecule has 0 aromatic carbocycles. The van der Waals surface area contributed by atoms with Gasteiger partial charge in [-0.2, -0.15) is 5.10 Å². The fourth-order valence-corrected chi connectivity index (χ4v) is 4.42. The highest BCUT2D eigenvalue weighted by atomic mass is 35.5. The summed E-state index contributed by atoms with van der Waals surface area (Å²) >= 11 is 6.37. The summed E-state index contributed by atoms with van der Waals surface area (Å²) in [6, 6.07) is 0.208. The van der Waals surface area contributed by atoms with Crippen molar-refractivity contribution in [3.63, 3.8) is 0 Å². The molecule has 0 spiro atoms. The third-order valence-corrected chi connectivity index (χ3v) is 5.54. The Morgan fingerprint density at radius 1 is 1.19 bits per heavy atom. The maximum Gasteiger partial charge on any atom is 0.115 e. The Morgan fingerprint density at radius 3 is 2.38 bits per heavy atom. The summed E-state index contributed by atoms with van der Waals surface area (Å²) in [6.45, 7) is 6.36. The third-order valence-electron chi connectivity index (χ3n) is 5.25. The van der Waals surface area contributed by atoms with E-state index >= 15 is 0 Å². The molecule has 2 heterocycles. The lowest BCUT2D eigenvalue weighted by atomic mass is 9.86. The van der Waals surface area contributed by atoms with Crippen LogP contribution in [-0.4, -0.2) is 38.4 Å². The standard InChI is InChI=1S/C16H26ClN3O/c1-12(2)20-14(13(17)11-18-20)15(21)16(7-3-4-8-16)19-9-5-6-10-19/h11-12,15,21H,3-10H2,1-2H3. The molecule has 1 saturated carbocycles. The van der Waals surface area contributed by atoms with Gasteiger partial charge in [0, 0.05) is 6.04 Å². The van der Waals surface area contributed by atoms with E-state index in [0.29, 0.717) is 5.02 Å². The number of nitrogens with zero attached hydrogens (tertiary/aromatic N) is 3. The van der Waals surface area contributed by atoms with Crippen LogP contribution in [0.3, 0.4) is 0 Å². The lowest BCUT2D eigenvalue weighted by Gasteiger charge is -2.43. The molecule has 0 amide bonds. The molecule has 1 unspecified atom stereocenters. The topological polar surface area (TPSA) is 41.3 Å². The normalized spacial score (nSPS) is 24.0. The van der Waals surface area contributed by atoms with Crippen LogP contribution in [0.1, 0.15) is 70.2 Å². The zero-order chi connectivity index (χ0) is 15.0. The molecule has 5 heteroatoms. The van der Waals surface area contributed by atoms with Crippen LogP contribution in [0.2, 0.25) is 5.02 Å². The van der Waals surface area contributed by atoms with E-state index < -0.39 is 6.10 Å². The van der Waals surface area contributed by atoms with Crippen LogP contribution < -0.4 is 0 Å². The number of likely N-dealkylation sites (tertiary alicyclic amines) is 1. The molecule has 2 fully saturated rings. The Bertz CT molecular complexity index is 488. The first kappa shape index (κ1) is 15.3. The minimum Gasteiger partial charge on any atom is -0.385 e. The summed E-state index contributed by atoms with van der Waals surface area (Å²) in [5.74, 6) is 0. The first-order valence-corrected chi connectivity index (χ1v) is 8.60. The van der Waals surface area contributed by atoms with Crippen molar-refractivity contribution >= 4 is 11.6 Å². The lowest BCUT2D eigenvalue weighted by Crippen LogP contribution is -2.50. The summed E-state index contributed by atoms with van der Waals surface area (Å²) < 4.78 is 1.89. The molecule has 0 radical (unpaired) electrons. The molecule has 1 saturated heterocycles. The molecule has 21 heavy (non-hydrogen) atoms. The quantitative estimate of drug-likeness (QED) is 0.924. The van der Waals surface area contributed by atoms with Crippen LogP contribution in [0.25, 0.3) is 0 Å². The fourth-order valence-electron chi connectivity index (χ4n) is 4.18. The van der Waals surface area contributed by atoms with Crippen LogP contribution in [0, 0.1) is 0 Å². The van der Waals surface area contributed by atoms with Gasteiger partial charge in [-0.25, -0.2) is 0 Å². The van der Waals surface area contributed by atoms with Crippen LogP contribution in [0.4, 0.5) is 0 Å². The van der Waals surface area contributed by atoms with Gasteiger partial charge in [0.15, 0.2) is 0 Å². The minimum atomic E-state index is -0.546. The number of aromatic nitrogens is 2. The van der Waals surface area contributed by atoms with Crippen LogP contribution in [0.15, 0.2) is 6.20 Å². The molecule has 118 valence electrons. The van der Waals surface area contributed by atoms with Crippen molar-refractivity contribution in [1.29, 1.82) is 0 Å². The second-order valence-electron chi connectivity index (χ2n) is 6.82. The SMILES string of the molecule is CC(C)n1ncc(Cl)c1C(O)C1(N2CCCC2)CCCC1. The van der Waals surface area contributed by atoms with E-state index in [1.807, 2.05) is 4.68 Å². The lowest BCUT2D eigenvalue weighted by molar-refractivity contribution is -0.0246. The minimum absolute atomic E-state index is 0.132. The first-order valence-electron chi connectivity index (χ1n) is 8.22. The predicted molar refractivity (Wildman–Crippen MR) is 84.6 cm³/mol. The highest BCUT2D eigenvalue weighted by Gasteiger charge is 2.48. The zero-order valence-electron chi connectivity index (χ0n) is 13.1. The average Bonchev–Trinajstić information content (AvgIpc) is 3.18. The van der Waals surface area contributed by atoms with Crippen molar-refractivity contribution in [2.75, 3.05) is 13.1 Å². The average molecular weight is 312 g/mol. The van der Waals surface area contributed by atoms with Crippen LogP contribution in [-0.2, 0) is 0 Å². The molecule has 1 N–H and O–H groups in total. The van der Waals surface area contributed by atoms with E-state index in [1.165, 1.54) is 25.7 Å². The first-order chi connectivity index (χ1) is 10.1. The number of hydrogen-bond donors (Lipinski definition) is 1. The maximum absolute atomic E-state index is 11.2. The van der Waals surface area contributed by atoms with Gasteiger partial charge >= 0.3 is 0 Å². The number of rotatable bonds is 4. The van der Waals surface area contributed by atoms with Gasteiger partial charge in [0.05, 0.1) is 22.5 Å². The van der Waals surface area contributed by atoms with E-state index in [9.17, 15) is 5.11 Å². The summed E-state index contributed by atoms with van der Waals surface area (Å²) in [6.07, 6.45) is 8.13. The van der Waals surface area contributed by atoms with E-state index in [2.05, 4.69) is 23.8 Å². The van der Waals surface area contributed by atoms with Gasteiger partial charge < -0.3 is 5.11 Å². The van der Waals surface area contributed by atoms with E-state index in [4.69, 9.17) is 11.6 Å². The molecule has 1 aromatic heterocycles. The number of aliphatic hydroxyl groups excluding tert-OH is 1. The van der Waals surface area contributed by atoms with Gasteiger partial charge in [-0.15, -0.1) is 0 Å². The molecular formula is C16H26ClN3O. The van der Waals surface area contributed by atoms with Crippen molar-refractivity contribution in [2.24, 2.45) is 0 Å². The molecule has 2 aliphatic rings. The smallest absolute Gasteiger partial charge is 0.115 e. The van der Waals surface area contributed by atoms with Crippen molar-refractivity contribution in [3.8, 4) is 0 Å². The van der Waals surface area contributed by atoms with Crippen molar-refractivity contribution in [3.05, 3.63) is 16.9 Å². The number of halogens is 1. The van der Waals surface area contributed by atoms with Crippen LogP contribution in [0.5, 0.6) is 0 Å². The molecule has 1 aliphatic heterocycles. The summed E-state index contributed by atoms with van der Waals surface area (Å²) in [5, 5.41) is 16.2. The summed E-state index contributed by atoms with van der Waals surface area (Å²) in [5.41, 5.74) is 0.674. The van der Waals surface area contributed by atoms with Crippen molar-refractivity contribution in [1.82, 2.24) is 14.7 Å². The van der Waals surface area contributed by atoms with E-state index in [1.54, 1.807) is 6.20 Å². The van der Waals surface area contributed by atoms with Gasteiger partial charge in [-0.3, -0.25) is 9.58 Å². The van der Waals surface area contributed by atoms with E-state index in [0.717, 1.165) is 31.6 Å². The predicted octanol–water partition coefficient (Wildman–Crippen LogP) is 3.56. The Kier molecular flexibility index (Phi) is 4.30. The second-order valence-corrected chi connectivity index (χ2v) is 7.23. The monoisotopic (exact) mass is 311 g/mol. The zero-order valence-corrected chi connectivity index (χ0v) is 13.8. The van der Waals surface area contributed by atoms with Gasteiger partial charge in [0.1, 0.15) is 6.10 Å². The Morgan fingerprint density at radius 2 is 1.81 bits per heavy atom. The van der Waals surface area contributed by atoms with Gasteiger partial charge in [-0.1, -0.05) is 24.4 Å². The van der Waals surface area contributed by atoms with Crippen molar-refractivity contribution in [2.45, 2.75) is 70.1 Å². The molecule has 3 rings (SSSR count). The van der Waals surface area contributed by atoms with Gasteiger partial charge in [0.25, 0.3) is 0 Å². The summed E-state index contributed by atoms with van der Waals surface area (Å²) in [4.78, 5) is 2.51. The number of aliphatic hydroxyl groups is 1. The van der Waals surface area contributed by atoms with Crippen LogP contribution >= 0.6 is 11.6 Å². The molecule has 4 nitrogen and oxygen atoms in total. The Hall–Kier alpha value is -0.580. The highest BCUT2D eigenvalue weighted by molar-refractivity contribution is 6.31. The molecule has 1 atom stereocenters. The largest absolute Gasteiger partial charge is 0.385 e.